The predicted octanol–water partition coefficient (Wildman–Crippen LogP) is 2.10. The molecule has 0 fully saturated rings. The average Bonchev–Trinajstić information content (AvgIpc) is 3.01. The summed E-state index contributed by atoms with van der Waals surface area (Å²) >= 11 is 0. The number of benzene rings is 1. The fourth-order valence-electron chi connectivity index (χ4n) is 1.90. The van der Waals surface area contributed by atoms with Crippen LogP contribution in [0.3, 0.4) is 0 Å². The summed E-state index contributed by atoms with van der Waals surface area (Å²) in [5.41, 5.74) is 5.25. The quantitative estimate of drug-likeness (QED) is 0.817. The molecule has 1 atom stereocenters. The second-order valence-electron chi connectivity index (χ2n) is 4.88. The number of hydrogen-bond acceptors (Lipinski definition) is 4. The molecule has 7 heteroatoms. The van der Waals surface area contributed by atoms with Gasteiger partial charge in [-0.3, -0.25) is 9.59 Å². The second-order valence-corrected chi connectivity index (χ2v) is 4.88. The fourth-order valence-corrected chi connectivity index (χ4v) is 1.90. The number of furan rings is 1. The van der Waals surface area contributed by atoms with Gasteiger partial charge in [-0.25, -0.2) is 4.39 Å². The summed E-state index contributed by atoms with van der Waals surface area (Å²) in [4.78, 5) is 22.9. The lowest BCUT2D eigenvalue weighted by Crippen LogP contribution is -2.34. The van der Waals surface area contributed by atoms with Crippen LogP contribution in [0.15, 0.2) is 41.0 Å². The third-order valence-corrected chi connectivity index (χ3v) is 3.15. The first kappa shape index (κ1) is 16.5. The molecule has 0 aliphatic heterocycles. The first-order valence-corrected chi connectivity index (χ1v) is 7.08. The number of carbonyl (C=O) groups is 2. The Balaban J connectivity index is 1.91. The van der Waals surface area contributed by atoms with Crippen LogP contribution in [0.5, 0.6) is 5.75 Å². The Labute approximate surface area is 132 Å². The van der Waals surface area contributed by atoms with Gasteiger partial charge in [-0.2, -0.15) is 0 Å². The van der Waals surface area contributed by atoms with E-state index in [4.69, 9.17) is 14.9 Å². The Bertz CT molecular complexity index is 699. The summed E-state index contributed by atoms with van der Waals surface area (Å²) in [6, 6.07) is 7.06. The van der Waals surface area contributed by atoms with Crippen LogP contribution in [0.1, 0.15) is 34.3 Å². The summed E-state index contributed by atoms with van der Waals surface area (Å²) in [5.74, 6) is -1.24. The van der Waals surface area contributed by atoms with Crippen molar-refractivity contribution in [1.29, 1.82) is 0 Å². The SMILES string of the molecule is CCC(CNC(=O)c1coc(C(N)=O)c1)Oc1cccc(F)c1. The van der Waals surface area contributed by atoms with Gasteiger partial charge in [-0.15, -0.1) is 0 Å². The van der Waals surface area contributed by atoms with Gasteiger partial charge in [-0.05, 0) is 18.6 Å². The van der Waals surface area contributed by atoms with Gasteiger partial charge in [0.15, 0.2) is 5.76 Å². The monoisotopic (exact) mass is 320 g/mol. The Hall–Kier alpha value is -2.83. The average molecular weight is 320 g/mol. The molecular weight excluding hydrogens is 303 g/mol. The fraction of sp³-hybridized carbons (Fsp3) is 0.250. The number of carbonyl (C=O) groups excluding carboxylic acids is 2. The van der Waals surface area contributed by atoms with Crippen molar-refractivity contribution in [3.63, 3.8) is 0 Å². The summed E-state index contributed by atoms with van der Waals surface area (Å²) < 4.78 is 23.6. The molecule has 1 heterocycles. The van der Waals surface area contributed by atoms with Crippen LogP contribution in [0.4, 0.5) is 4.39 Å². The van der Waals surface area contributed by atoms with Crippen LogP contribution in [-0.2, 0) is 0 Å². The van der Waals surface area contributed by atoms with Crippen molar-refractivity contribution in [2.24, 2.45) is 5.73 Å². The van der Waals surface area contributed by atoms with E-state index in [0.717, 1.165) is 6.26 Å². The summed E-state index contributed by atoms with van der Waals surface area (Å²) in [6.07, 6.45) is 1.46. The zero-order valence-corrected chi connectivity index (χ0v) is 12.5. The highest BCUT2D eigenvalue weighted by molar-refractivity contribution is 5.97. The highest BCUT2D eigenvalue weighted by atomic mass is 19.1. The lowest BCUT2D eigenvalue weighted by molar-refractivity contribution is 0.0924. The maximum atomic E-state index is 13.1. The Morgan fingerprint density at radius 2 is 2.17 bits per heavy atom. The van der Waals surface area contributed by atoms with Gasteiger partial charge in [0.05, 0.1) is 12.1 Å². The highest BCUT2D eigenvalue weighted by Crippen LogP contribution is 2.15. The molecule has 23 heavy (non-hydrogen) atoms. The van der Waals surface area contributed by atoms with E-state index in [1.54, 1.807) is 12.1 Å². The number of primary amides is 1. The van der Waals surface area contributed by atoms with Crippen molar-refractivity contribution in [3.05, 3.63) is 53.7 Å². The normalized spacial score (nSPS) is 11.7. The molecule has 0 aliphatic carbocycles. The lowest BCUT2D eigenvalue weighted by atomic mass is 10.2. The first-order chi connectivity index (χ1) is 11.0. The van der Waals surface area contributed by atoms with Crippen LogP contribution in [0.25, 0.3) is 0 Å². The topological polar surface area (TPSA) is 94.6 Å². The van der Waals surface area contributed by atoms with Gasteiger partial charge in [0.2, 0.25) is 0 Å². The maximum Gasteiger partial charge on any atom is 0.284 e. The molecule has 0 bridgehead atoms. The van der Waals surface area contributed by atoms with Gasteiger partial charge in [0.25, 0.3) is 11.8 Å². The van der Waals surface area contributed by atoms with Crippen LogP contribution >= 0.6 is 0 Å². The molecule has 3 N–H and O–H groups in total. The van der Waals surface area contributed by atoms with Gasteiger partial charge in [0, 0.05) is 12.1 Å². The summed E-state index contributed by atoms with van der Waals surface area (Å²) in [5, 5.41) is 2.67. The molecule has 2 amide bonds. The van der Waals surface area contributed by atoms with Crippen molar-refractivity contribution in [3.8, 4) is 5.75 Å². The number of ether oxygens (including phenoxy) is 1. The number of nitrogens with one attached hydrogen (secondary N) is 1. The van der Waals surface area contributed by atoms with Gasteiger partial charge < -0.3 is 20.2 Å². The molecule has 0 radical (unpaired) electrons. The number of hydrogen-bond donors (Lipinski definition) is 2. The van der Waals surface area contributed by atoms with Gasteiger partial charge in [0.1, 0.15) is 23.9 Å². The van der Waals surface area contributed by atoms with E-state index in [2.05, 4.69) is 5.32 Å². The molecule has 0 saturated heterocycles. The van der Waals surface area contributed by atoms with Gasteiger partial charge >= 0.3 is 0 Å². The van der Waals surface area contributed by atoms with Crippen molar-refractivity contribution in [2.75, 3.05) is 6.54 Å². The third kappa shape index (κ3) is 4.57. The summed E-state index contributed by atoms with van der Waals surface area (Å²) in [6.45, 7) is 2.11. The van der Waals surface area contributed by atoms with Crippen molar-refractivity contribution >= 4 is 11.8 Å². The lowest BCUT2D eigenvalue weighted by Gasteiger charge is -2.18. The zero-order valence-electron chi connectivity index (χ0n) is 12.5. The van der Waals surface area contributed by atoms with E-state index >= 15 is 0 Å². The van der Waals surface area contributed by atoms with Crippen LogP contribution in [0, 0.1) is 5.82 Å². The van der Waals surface area contributed by atoms with Crippen molar-refractivity contribution in [2.45, 2.75) is 19.4 Å². The molecule has 1 unspecified atom stereocenters. The smallest absolute Gasteiger partial charge is 0.284 e. The van der Waals surface area contributed by atoms with Crippen LogP contribution in [-0.4, -0.2) is 24.5 Å². The number of halogens is 1. The molecule has 122 valence electrons. The minimum atomic E-state index is -0.745. The largest absolute Gasteiger partial charge is 0.489 e. The minimum absolute atomic E-state index is 0.0850. The van der Waals surface area contributed by atoms with Crippen molar-refractivity contribution in [1.82, 2.24) is 5.32 Å². The number of nitrogens with two attached hydrogens (primary N) is 1. The van der Waals surface area contributed by atoms with E-state index in [0.29, 0.717) is 12.2 Å². The molecule has 0 spiro atoms. The second kappa shape index (κ2) is 7.44. The molecule has 2 rings (SSSR count). The minimum Gasteiger partial charge on any atom is -0.489 e. The number of rotatable bonds is 7. The summed E-state index contributed by atoms with van der Waals surface area (Å²) in [7, 11) is 0. The molecule has 1 aromatic heterocycles. The third-order valence-electron chi connectivity index (χ3n) is 3.15. The van der Waals surface area contributed by atoms with E-state index in [1.807, 2.05) is 6.92 Å². The molecule has 6 nitrogen and oxygen atoms in total. The molecular formula is C16H17FN2O4. The van der Waals surface area contributed by atoms with E-state index < -0.39 is 17.6 Å². The highest BCUT2D eigenvalue weighted by Gasteiger charge is 2.15. The Kier molecular flexibility index (Phi) is 5.35. The molecule has 2 aromatic rings. The standard InChI is InChI=1S/C16H17FN2O4/c1-2-12(23-13-5-3-4-11(17)7-13)8-19-16(21)10-6-14(15(18)20)22-9-10/h3-7,9,12H,2,8H2,1H3,(H2,18,20)(H,19,21). The maximum absolute atomic E-state index is 13.1. The zero-order chi connectivity index (χ0) is 16.8. The first-order valence-electron chi connectivity index (χ1n) is 7.08. The molecule has 0 saturated carbocycles. The van der Waals surface area contributed by atoms with E-state index in [1.165, 1.54) is 18.2 Å². The number of amides is 2. The molecule has 0 aliphatic rings. The van der Waals surface area contributed by atoms with Crippen molar-refractivity contribution < 1.29 is 23.1 Å². The van der Waals surface area contributed by atoms with Crippen LogP contribution in [0.2, 0.25) is 0 Å². The Morgan fingerprint density at radius 1 is 1.39 bits per heavy atom. The van der Waals surface area contributed by atoms with E-state index in [-0.39, 0.29) is 24.0 Å². The van der Waals surface area contributed by atoms with Gasteiger partial charge in [-0.1, -0.05) is 13.0 Å². The van der Waals surface area contributed by atoms with Crippen LogP contribution < -0.4 is 15.8 Å². The van der Waals surface area contributed by atoms with E-state index in [9.17, 15) is 14.0 Å². The Morgan fingerprint density at radius 3 is 2.78 bits per heavy atom. The predicted molar refractivity (Wildman–Crippen MR) is 80.7 cm³/mol. The molecule has 1 aromatic carbocycles.